The van der Waals surface area contributed by atoms with Crippen molar-refractivity contribution >= 4 is 16.9 Å². The van der Waals surface area contributed by atoms with Crippen LogP contribution in [0, 0.1) is 0 Å². The molecule has 3 rings (SSSR count). The molecule has 0 atom stereocenters. The van der Waals surface area contributed by atoms with E-state index in [0.29, 0.717) is 29.1 Å². The van der Waals surface area contributed by atoms with E-state index in [-0.39, 0.29) is 0 Å². The number of esters is 1. The second kappa shape index (κ2) is 6.58. The van der Waals surface area contributed by atoms with Crippen molar-refractivity contribution in [3.05, 3.63) is 70.1 Å². The van der Waals surface area contributed by atoms with E-state index in [1.807, 2.05) is 6.92 Å². The van der Waals surface area contributed by atoms with E-state index in [0.717, 1.165) is 10.9 Å². The quantitative estimate of drug-likeness (QED) is 0.417. The number of fused-ring (bicyclic) bond motifs is 1. The molecule has 24 heavy (non-hydrogen) atoms. The Labute approximate surface area is 138 Å². The van der Waals surface area contributed by atoms with E-state index in [9.17, 15) is 9.59 Å². The Bertz CT molecular complexity index is 955. The van der Waals surface area contributed by atoms with Gasteiger partial charge in [0.05, 0.1) is 12.7 Å². The molecular formula is C19H16O5. The molecule has 3 aromatic rings. The smallest absolute Gasteiger partial charge is 0.343 e. The van der Waals surface area contributed by atoms with E-state index < -0.39 is 11.6 Å². The van der Waals surface area contributed by atoms with E-state index in [1.165, 1.54) is 13.2 Å². The second-order valence-electron chi connectivity index (χ2n) is 5.22. The van der Waals surface area contributed by atoms with Gasteiger partial charge in [0.1, 0.15) is 17.1 Å². The molecule has 0 saturated heterocycles. The summed E-state index contributed by atoms with van der Waals surface area (Å²) in [5, 5.41) is 0.832. The largest absolute Gasteiger partial charge is 0.497 e. The monoisotopic (exact) mass is 324 g/mol. The SMILES string of the molecule is CCc1cc(=O)oc2cc(OC(=O)c3cccc(OC)c3)ccc12. The van der Waals surface area contributed by atoms with Crippen LogP contribution < -0.4 is 15.1 Å². The van der Waals surface area contributed by atoms with Crippen LogP contribution >= 0.6 is 0 Å². The number of methoxy groups -OCH3 is 1. The number of benzene rings is 2. The Morgan fingerprint density at radius 3 is 2.67 bits per heavy atom. The summed E-state index contributed by atoms with van der Waals surface area (Å²) in [6.45, 7) is 1.96. The zero-order chi connectivity index (χ0) is 17.1. The summed E-state index contributed by atoms with van der Waals surface area (Å²) >= 11 is 0. The molecule has 1 heterocycles. The minimum Gasteiger partial charge on any atom is -0.497 e. The molecule has 0 aliphatic rings. The van der Waals surface area contributed by atoms with Gasteiger partial charge in [0.2, 0.25) is 0 Å². The van der Waals surface area contributed by atoms with Gasteiger partial charge in [-0.3, -0.25) is 0 Å². The average Bonchev–Trinajstić information content (AvgIpc) is 2.60. The maximum Gasteiger partial charge on any atom is 0.343 e. The molecule has 0 saturated carbocycles. The van der Waals surface area contributed by atoms with Crippen molar-refractivity contribution in [2.45, 2.75) is 13.3 Å². The summed E-state index contributed by atoms with van der Waals surface area (Å²) in [5.41, 5.74) is 1.25. The van der Waals surface area contributed by atoms with Crippen LogP contribution in [0.25, 0.3) is 11.0 Å². The molecule has 122 valence electrons. The lowest BCUT2D eigenvalue weighted by atomic mass is 10.1. The van der Waals surface area contributed by atoms with Gasteiger partial charge in [-0.2, -0.15) is 0 Å². The van der Waals surface area contributed by atoms with Crippen LogP contribution in [0.2, 0.25) is 0 Å². The lowest BCUT2D eigenvalue weighted by molar-refractivity contribution is 0.0734. The zero-order valence-electron chi connectivity index (χ0n) is 13.4. The molecule has 0 aliphatic carbocycles. The first-order valence-electron chi connectivity index (χ1n) is 7.53. The maximum absolute atomic E-state index is 12.2. The molecule has 5 heteroatoms. The lowest BCUT2D eigenvalue weighted by Gasteiger charge is -2.07. The van der Waals surface area contributed by atoms with Gasteiger partial charge in [0.15, 0.2) is 0 Å². The van der Waals surface area contributed by atoms with Gasteiger partial charge in [-0.15, -0.1) is 0 Å². The third kappa shape index (κ3) is 3.15. The van der Waals surface area contributed by atoms with Crippen molar-refractivity contribution in [3.63, 3.8) is 0 Å². The van der Waals surface area contributed by atoms with Crippen LogP contribution in [-0.4, -0.2) is 13.1 Å². The number of rotatable bonds is 4. The Kier molecular flexibility index (Phi) is 4.33. The van der Waals surface area contributed by atoms with E-state index in [2.05, 4.69) is 0 Å². The fourth-order valence-electron chi connectivity index (χ4n) is 2.48. The molecule has 2 aromatic carbocycles. The molecule has 0 spiro atoms. The summed E-state index contributed by atoms with van der Waals surface area (Å²) in [6.07, 6.45) is 0.713. The first-order chi connectivity index (χ1) is 11.6. The molecule has 0 N–H and O–H groups in total. The Morgan fingerprint density at radius 1 is 1.08 bits per heavy atom. The molecule has 0 bridgehead atoms. The van der Waals surface area contributed by atoms with Gasteiger partial charge in [-0.1, -0.05) is 13.0 Å². The fraction of sp³-hybridized carbons (Fsp3) is 0.158. The number of hydrogen-bond donors (Lipinski definition) is 0. The van der Waals surface area contributed by atoms with Gasteiger partial charge >= 0.3 is 11.6 Å². The van der Waals surface area contributed by atoms with Crippen LogP contribution in [0.1, 0.15) is 22.8 Å². The van der Waals surface area contributed by atoms with Gasteiger partial charge < -0.3 is 13.9 Å². The molecule has 1 aromatic heterocycles. The number of carbonyl (C=O) groups excluding carboxylic acids is 1. The molecule has 0 amide bonds. The van der Waals surface area contributed by atoms with Crippen LogP contribution in [0.3, 0.4) is 0 Å². The number of carbonyl (C=O) groups is 1. The summed E-state index contributed by atoms with van der Waals surface area (Å²) in [5.74, 6) is 0.371. The second-order valence-corrected chi connectivity index (χ2v) is 5.22. The Balaban J connectivity index is 1.92. The predicted octanol–water partition coefficient (Wildman–Crippen LogP) is 3.58. The summed E-state index contributed by atoms with van der Waals surface area (Å²) < 4.78 is 15.7. The van der Waals surface area contributed by atoms with Crippen LogP contribution in [-0.2, 0) is 6.42 Å². The van der Waals surface area contributed by atoms with Crippen molar-refractivity contribution in [2.75, 3.05) is 7.11 Å². The molecule has 5 nitrogen and oxygen atoms in total. The summed E-state index contributed by atoms with van der Waals surface area (Å²) in [7, 11) is 1.53. The highest BCUT2D eigenvalue weighted by Crippen LogP contribution is 2.24. The first kappa shape index (κ1) is 15.8. The molecule has 0 radical (unpaired) electrons. The average molecular weight is 324 g/mol. The molecular weight excluding hydrogens is 308 g/mol. The highest BCUT2D eigenvalue weighted by molar-refractivity contribution is 5.92. The number of aryl methyl sites for hydroxylation is 1. The molecule has 0 aliphatic heterocycles. The summed E-state index contributed by atoms with van der Waals surface area (Å²) in [6, 6.07) is 13.2. The third-order valence-electron chi connectivity index (χ3n) is 3.70. The maximum atomic E-state index is 12.2. The molecule has 0 unspecified atom stereocenters. The van der Waals surface area contributed by atoms with Gasteiger partial charge in [-0.05, 0) is 42.3 Å². The predicted molar refractivity (Wildman–Crippen MR) is 89.8 cm³/mol. The van der Waals surface area contributed by atoms with Crippen molar-refractivity contribution in [2.24, 2.45) is 0 Å². The zero-order valence-corrected chi connectivity index (χ0v) is 13.4. The number of hydrogen-bond acceptors (Lipinski definition) is 5. The normalized spacial score (nSPS) is 10.6. The topological polar surface area (TPSA) is 65.7 Å². The van der Waals surface area contributed by atoms with Gasteiger partial charge in [-0.25, -0.2) is 9.59 Å². The Morgan fingerprint density at radius 2 is 1.92 bits per heavy atom. The summed E-state index contributed by atoms with van der Waals surface area (Å²) in [4.78, 5) is 23.8. The first-order valence-corrected chi connectivity index (χ1v) is 7.53. The van der Waals surface area contributed by atoms with Crippen LogP contribution in [0.15, 0.2) is 57.7 Å². The van der Waals surface area contributed by atoms with Crippen molar-refractivity contribution < 1.29 is 18.7 Å². The molecule has 0 fully saturated rings. The van der Waals surface area contributed by atoms with E-state index in [1.54, 1.807) is 42.5 Å². The minimum atomic E-state index is -0.512. The highest BCUT2D eigenvalue weighted by Gasteiger charge is 2.11. The third-order valence-corrected chi connectivity index (χ3v) is 3.70. The van der Waals surface area contributed by atoms with E-state index in [4.69, 9.17) is 13.9 Å². The number of ether oxygens (including phenoxy) is 2. The van der Waals surface area contributed by atoms with Crippen molar-refractivity contribution in [3.8, 4) is 11.5 Å². The van der Waals surface area contributed by atoms with Crippen LogP contribution in [0.5, 0.6) is 11.5 Å². The highest BCUT2D eigenvalue weighted by atomic mass is 16.5. The van der Waals surface area contributed by atoms with Crippen molar-refractivity contribution in [1.82, 2.24) is 0 Å². The van der Waals surface area contributed by atoms with Gasteiger partial charge in [0, 0.05) is 17.5 Å². The fourth-order valence-corrected chi connectivity index (χ4v) is 2.48. The van der Waals surface area contributed by atoms with Gasteiger partial charge in [0.25, 0.3) is 0 Å². The standard InChI is InChI=1S/C19H16O5/c1-3-12-10-18(20)24-17-11-15(7-8-16(12)17)23-19(21)13-5-4-6-14(9-13)22-2/h4-11H,3H2,1-2H3. The Hall–Kier alpha value is -3.08. The lowest BCUT2D eigenvalue weighted by Crippen LogP contribution is -2.08. The van der Waals surface area contributed by atoms with Crippen molar-refractivity contribution in [1.29, 1.82) is 0 Å². The van der Waals surface area contributed by atoms with Crippen LogP contribution in [0.4, 0.5) is 0 Å². The van der Waals surface area contributed by atoms with E-state index >= 15 is 0 Å². The minimum absolute atomic E-state index is 0.312.